The molecule has 12 heavy (non-hydrogen) atoms. The molecule has 0 spiro atoms. The molecular weight excluding hydrogens is 152 g/mol. The maximum Gasteiger partial charge on any atom is 0.0503 e. The molecule has 0 aromatic heterocycles. The van der Waals surface area contributed by atoms with Crippen molar-refractivity contribution in [3.63, 3.8) is 0 Å². The highest BCUT2D eigenvalue weighted by atomic mass is 16.3. The van der Waals surface area contributed by atoms with E-state index in [1.54, 1.807) is 0 Å². The van der Waals surface area contributed by atoms with Crippen molar-refractivity contribution in [1.82, 2.24) is 4.90 Å². The predicted molar refractivity (Wildman–Crippen MR) is 49.6 cm³/mol. The number of rotatable bonds is 2. The minimum atomic E-state index is -0.102. The van der Waals surface area contributed by atoms with Crippen LogP contribution in [0.3, 0.4) is 0 Å². The molecule has 3 nitrogen and oxygen atoms in total. The van der Waals surface area contributed by atoms with E-state index in [1.807, 2.05) is 0 Å². The molecular formula is C9H18N2O. The van der Waals surface area contributed by atoms with E-state index >= 15 is 0 Å². The Morgan fingerprint density at radius 2 is 2.42 bits per heavy atom. The Bertz CT molecular complexity index is 172. The summed E-state index contributed by atoms with van der Waals surface area (Å²) < 4.78 is 0. The van der Waals surface area contributed by atoms with Crippen molar-refractivity contribution in [1.29, 1.82) is 5.41 Å². The van der Waals surface area contributed by atoms with Gasteiger partial charge in [-0.05, 0) is 26.2 Å². The van der Waals surface area contributed by atoms with Crippen LogP contribution in [0.25, 0.3) is 0 Å². The van der Waals surface area contributed by atoms with E-state index in [0.29, 0.717) is 0 Å². The quantitative estimate of drug-likeness (QED) is 0.596. The van der Waals surface area contributed by atoms with Crippen LogP contribution >= 0.6 is 0 Å². The van der Waals surface area contributed by atoms with Crippen LogP contribution in [0, 0.1) is 16.7 Å². The van der Waals surface area contributed by atoms with Gasteiger partial charge in [-0.25, -0.2) is 0 Å². The van der Waals surface area contributed by atoms with Crippen molar-refractivity contribution in [2.45, 2.75) is 13.3 Å². The maximum atomic E-state index is 9.24. The normalized spacial score (nSPS) is 38.1. The minimum Gasteiger partial charge on any atom is -0.396 e. The third-order valence-electron chi connectivity index (χ3n) is 2.91. The largest absolute Gasteiger partial charge is 0.396 e. The average Bonchev–Trinajstić information content (AvgIpc) is 2.05. The summed E-state index contributed by atoms with van der Waals surface area (Å²) in [5, 5.41) is 16.5. The van der Waals surface area contributed by atoms with Crippen LogP contribution in [-0.2, 0) is 0 Å². The Kier molecular flexibility index (Phi) is 2.85. The van der Waals surface area contributed by atoms with Crippen molar-refractivity contribution in [2.75, 3.05) is 26.7 Å². The fourth-order valence-corrected chi connectivity index (χ4v) is 1.97. The zero-order valence-electron chi connectivity index (χ0n) is 7.88. The Morgan fingerprint density at radius 1 is 1.75 bits per heavy atom. The number of aliphatic hydroxyl groups is 1. The highest BCUT2D eigenvalue weighted by Crippen LogP contribution is 2.32. The summed E-state index contributed by atoms with van der Waals surface area (Å²) in [5.41, 5.74) is -0.102. The summed E-state index contributed by atoms with van der Waals surface area (Å²) in [5.74, 6) is 0.249. The molecule has 0 aromatic carbocycles. The highest BCUT2D eigenvalue weighted by Gasteiger charge is 2.36. The van der Waals surface area contributed by atoms with Gasteiger partial charge in [-0.1, -0.05) is 6.92 Å². The van der Waals surface area contributed by atoms with Crippen LogP contribution in [0.2, 0.25) is 0 Å². The molecule has 2 atom stereocenters. The Morgan fingerprint density at radius 3 is 2.92 bits per heavy atom. The smallest absolute Gasteiger partial charge is 0.0503 e. The van der Waals surface area contributed by atoms with Gasteiger partial charge in [0, 0.05) is 17.9 Å². The molecule has 1 rings (SSSR count). The first-order chi connectivity index (χ1) is 5.62. The van der Waals surface area contributed by atoms with Crippen LogP contribution in [0.15, 0.2) is 0 Å². The van der Waals surface area contributed by atoms with Gasteiger partial charge in [0.15, 0.2) is 0 Å². The van der Waals surface area contributed by atoms with Crippen molar-refractivity contribution in [2.24, 2.45) is 11.3 Å². The molecule has 0 aromatic rings. The Hall–Kier alpha value is -0.410. The molecule has 1 aliphatic heterocycles. The third-order valence-corrected chi connectivity index (χ3v) is 2.91. The van der Waals surface area contributed by atoms with Crippen molar-refractivity contribution in [3.05, 3.63) is 0 Å². The van der Waals surface area contributed by atoms with Crippen LogP contribution in [0.1, 0.15) is 13.3 Å². The molecule has 0 aliphatic carbocycles. The predicted octanol–water partition coefficient (Wildman–Crippen LogP) is 0.586. The summed E-state index contributed by atoms with van der Waals surface area (Å²) >= 11 is 0. The van der Waals surface area contributed by atoms with Gasteiger partial charge in [-0.3, -0.25) is 0 Å². The van der Waals surface area contributed by atoms with E-state index in [2.05, 4.69) is 18.9 Å². The van der Waals surface area contributed by atoms with Gasteiger partial charge >= 0.3 is 0 Å². The third kappa shape index (κ3) is 1.67. The van der Waals surface area contributed by atoms with E-state index in [1.165, 1.54) is 6.21 Å². The fraction of sp³-hybridized carbons (Fsp3) is 0.889. The molecule has 1 saturated heterocycles. The fourth-order valence-electron chi connectivity index (χ4n) is 1.97. The number of piperidine rings is 1. The number of nitrogens with zero attached hydrogens (tertiary/aromatic N) is 1. The SMILES string of the molecule is CN1CCC(C=N)C(C)(CO)C1. The second kappa shape index (κ2) is 3.54. The lowest BCUT2D eigenvalue weighted by atomic mass is 9.73. The molecule has 2 N–H and O–H groups in total. The van der Waals surface area contributed by atoms with Crippen LogP contribution in [0.4, 0.5) is 0 Å². The maximum absolute atomic E-state index is 9.24. The van der Waals surface area contributed by atoms with E-state index < -0.39 is 0 Å². The summed E-state index contributed by atoms with van der Waals surface area (Å²) in [4.78, 5) is 2.22. The molecule has 0 amide bonds. The molecule has 0 radical (unpaired) electrons. The Balaban J connectivity index is 2.70. The van der Waals surface area contributed by atoms with Gasteiger partial charge in [0.1, 0.15) is 0 Å². The van der Waals surface area contributed by atoms with Crippen LogP contribution in [0.5, 0.6) is 0 Å². The Labute approximate surface area is 73.9 Å². The van der Waals surface area contributed by atoms with Gasteiger partial charge in [0.05, 0.1) is 6.61 Å². The standard InChI is InChI=1S/C9H18N2O/c1-9(7-12)6-11(2)4-3-8(9)5-10/h5,8,10,12H,3-4,6-7H2,1-2H3. The second-order valence-corrected chi connectivity index (χ2v) is 4.11. The summed E-state index contributed by atoms with van der Waals surface area (Å²) in [6, 6.07) is 0. The molecule has 0 saturated carbocycles. The number of hydrogen-bond donors (Lipinski definition) is 2. The van der Waals surface area contributed by atoms with Crippen molar-refractivity contribution in [3.8, 4) is 0 Å². The highest BCUT2D eigenvalue weighted by molar-refractivity contribution is 5.58. The number of hydrogen-bond acceptors (Lipinski definition) is 3. The first-order valence-electron chi connectivity index (χ1n) is 4.42. The number of nitrogens with one attached hydrogen (secondary N) is 1. The number of likely N-dealkylation sites (tertiary alicyclic amines) is 1. The van der Waals surface area contributed by atoms with E-state index in [-0.39, 0.29) is 17.9 Å². The van der Waals surface area contributed by atoms with Gasteiger partial charge in [-0.2, -0.15) is 0 Å². The molecule has 1 heterocycles. The minimum absolute atomic E-state index is 0.102. The molecule has 3 heteroatoms. The zero-order valence-corrected chi connectivity index (χ0v) is 7.88. The first-order valence-corrected chi connectivity index (χ1v) is 4.42. The molecule has 2 unspecified atom stereocenters. The lowest BCUT2D eigenvalue weighted by molar-refractivity contribution is 0.0342. The summed E-state index contributed by atoms with van der Waals surface area (Å²) in [7, 11) is 2.06. The van der Waals surface area contributed by atoms with E-state index in [4.69, 9.17) is 5.41 Å². The zero-order chi connectivity index (χ0) is 9.19. The molecule has 1 aliphatic rings. The molecule has 0 bridgehead atoms. The van der Waals surface area contributed by atoms with E-state index in [0.717, 1.165) is 19.5 Å². The second-order valence-electron chi connectivity index (χ2n) is 4.11. The van der Waals surface area contributed by atoms with Crippen molar-refractivity contribution < 1.29 is 5.11 Å². The van der Waals surface area contributed by atoms with Crippen molar-refractivity contribution >= 4 is 6.21 Å². The lowest BCUT2D eigenvalue weighted by Crippen LogP contribution is -2.48. The monoisotopic (exact) mass is 170 g/mol. The lowest BCUT2D eigenvalue weighted by Gasteiger charge is -2.42. The van der Waals surface area contributed by atoms with E-state index in [9.17, 15) is 5.11 Å². The van der Waals surface area contributed by atoms with Gasteiger partial charge in [-0.15, -0.1) is 0 Å². The first kappa shape index (κ1) is 9.68. The topological polar surface area (TPSA) is 47.3 Å². The van der Waals surface area contributed by atoms with Crippen LogP contribution in [-0.4, -0.2) is 43.0 Å². The molecule has 70 valence electrons. The number of aliphatic hydroxyl groups excluding tert-OH is 1. The summed E-state index contributed by atoms with van der Waals surface area (Å²) in [6.45, 7) is 4.16. The average molecular weight is 170 g/mol. The van der Waals surface area contributed by atoms with Gasteiger partial charge in [0.25, 0.3) is 0 Å². The van der Waals surface area contributed by atoms with Gasteiger partial charge < -0.3 is 15.4 Å². The molecule has 1 fully saturated rings. The van der Waals surface area contributed by atoms with Gasteiger partial charge in [0.2, 0.25) is 0 Å². The summed E-state index contributed by atoms with van der Waals surface area (Å²) in [6.07, 6.45) is 2.49. The van der Waals surface area contributed by atoms with Crippen LogP contribution < -0.4 is 0 Å².